The Labute approximate surface area is 121 Å². The maximum Gasteiger partial charge on any atom is 0.259 e. The van der Waals surface area contributed by atoms with E-state index in [4.69, 9.17) is 11.6 Å². The van der Waals surface area contributed by atoms with Crippen molar-refractivity contribution in [3.05, 3.63) is 11.2 Å². The Morgan fingerprint density at radius 1 is 1.61 bits per heavy atom. The molecule has 0 radical (unpaired) electrons. The van der Waals surface area contributed by atoms with Crippen molar-refractivity contribution in [2.75, 3.05) is 5.33 Å². The van der Waals surface area contributed by atoms with Gasteiger partial charge in [-0.3, -0.25) is 4.68 Å². The molecule has 1 unspecified atom stereocenters. The summed E-state index contributed by atoms with van der Waals surface area (Å²) in [6.07, 6.45) is 2.70. The first-order valence-corrected chi connectivity index (χ1v) is 8.51. The number of alkyl halides is 1. The Bertz CT molecular complexity index is 498. The van der Waals surface area contributed by atoms with Gasteiger partial charge in [-0.25, -0.2) is 13.1 Å². The second kappa shape index (κ2) is 5.90. The molecule has 0 aliphatic heterocycles. The monoisotopic (exact) mass is 357 g/mol. The zero-order valence-electron chi connectivity index (χ0n) is 10.6. The fourth-order valence-corrected chi connectivity index (χ4v) is 4.63. The quantitative estimate of drug-likeness (QED) is 0.794. The molecule has 0 aromatic carbocycles. The van der Waals surface area contributed by atoms with Crippen molar-refractivity contribution in [1.29, 1.82) is 0 Å². The summed E-state index contributed by atoms with van der Waals surface area (Å²) in [6.45, 7) is 3.81. The van der Waals surface area contributed by atoms with Crippen LogP contribution < -0.4 is 4.72 Å². The van der Waals surface area contributed by atoms with Gasteiger partial charge in [-0.2, -0.15) is 5.10 Å². The van der Waals surface area contributed by atoms with Gasteiger partial charge in [0.15, 0.2) is 5.03 Å². The third-order valence-corrected chi connectivity index (χ3v) is 5.44. The molecule has 1 aromatic heterocycles. The van der Waals surface area contributed by atoms with Gasteiger partial charge in [0, 0.05) is 17.9 Å². The van der Waals surface area contributed by atoms with Crippen LogP contribution in [0.1, 0.15) is 26.7 Å². The van der Waals surface area contributed by atoms with Crippen molar-refractivity contribution in [2.45, 2.75) is 37.3 Å². The summed E-state index contributed by atoms with van der Waals surface area (Å²) < 4.78 is 28.6. The smallest absolute Gasteiger partial charge is 0.255 e. The highest BCUT2D eigenvalue weighted by Crippen LogP contribution is 2.24. The zero-order valence-corrected chi connectivity index (χ0v) is 13.7. The number of rotatable bonds is 6. The number of sulfonamides is 1. The van der Waals surface area contributed by atoms with Crippen LogP contribution in [-0.4, -0.2) is 29.1 Å². The summed E-state index contributed by atoms with van der Waals surface area (Å²) >= 11 is 9.20. The molecule has 1 atom stereocenters. The normalized spacial score (nSPS) is 15.6. The Morgan fingerprint density at radius 3 is 2.61 bits per heavy atom. The summed E-state index contributed by atoms with van der Waals surface area (Å²) in [7, 11) is -2.12. The summed E-state index contributed by atoms with van der Waals surface area (Å²) in [5.74, 6) is 0. The lowest BCUT2D eigenvalue weighted by molar-refractivity contribution is 0.390. The molecule has 1 aromatic rings. The van der Waals surface area contributed by atoms with Crippen LogP contribution in [0, 0.1) is 0 Å². The number of hydrogen-bond acceptors (Lipinski definition) is 3. The lowest BCUT2D eigenvalue weighted by Crippen LogP contribution is -2.46. The molecular weight excluding hydrogens is 342 g/mol. The van der Waals surface area contributed by atoms with Gasteiger partial charge in [0.1, 0.15) is 0 Å². The molecule has 1 rings (SSSR count). The van der Waals surface area contributed by atoms with E-state index in [0.29, 0.717) is 12.8 Å². The number of aromatic nitrogens is 2. The van der Waals surface area contributed by atoms with Crippen LogP contribution in [0.15, 0.2) is 11.2 Å². The van der Waals surface area contributed by atoms with E-state index < -0.39 is 15.6 Å². The maximum absolute atomic E-state index is 12.3. The summed E-state index contributed by atoms with van der Waals surface area (Å²) in [5.41, 5.74) is -0.504. The Kier molecular flexibility index (Phi) is 5.22. The molecule has 0 fully saturated rings. The van der Waals surface area contributed by atoms with Gasteiger partial charge in [0.25, 0.3) is 10.0 Å². The van der Waals surface area contributed by atoms with E-state index in [-0.39, 0.29) is 10.0 Å². The van der Waals surface area contributed by atoms with Gasteiger partial charge in [-0.1, -0.05) is 34.5 Å². The Hall–Kier alpha value is -0.110. The van der Waals surface area contributed by atoms with Crippen molar-refractivity contribution < 1.29 is 8.42 Å². The lowest BCUT2D eigenvalue weighted by Gasteiger charge is -2.28. The maximum atomic E-state index is 12.3. The topological polar surface area (TPSA) is 64.0 Å². The SMILES string of the molecule is CCC(C)(CCBr)NS(=O)(=O)c1c(Cl)cnn1C. The average Bonchev–Trinajstić information content (AvgIpc) is 2.58. The standard InChI is InChI=1S/C10H17BrClN3O2S/c1-4-10(2,5-6-11)14-18(16,17)9-8(12)7-13-15(9)3/h7,14H,4-6H2,1-3H3. The molecule has 0 aliphatic carbocycles. The number of nitrogens with one attached hydrogen (secondary N) is 1. The lowest BCUT2D eigenvalue weighted by atomic mass is 9.98. The minimum atomic E-state index is -3.67. The summed E-state index contributed by atoms with van der Waals surface area (Å²) in [6, 6.07) is 0. The van der Waals surface area contributed by atoms with Gasteiger partial charge in [-0.05, 0) is 19.8 Å². The minimum absolute atomic E-state index is 0.00147. The number of halogens is 2. The van der Waals surface area contributed by atoms with Crippen LogP contribution in [0.2, 0.25) is 5.02 Å². The third-order valence-electron chi connectivity index (χ3n) is 2.90. The molecule has 0 aliphatic rings. The van der Waals surface area contributed by atoms with E-state index in [2.05, 4.69) is 25.8 Å². The van der Waals surface area contributed by atoms with Crippen molar-refractivity contribution in [1.82, 2.24) is 14.5 Å². The van der Waals surface area contributed by atoms with Gasteiger partial charge < -0.3 is 0 Å². The molecule has 0 saturated carbocycles. The van der Waals surface area contributed by atoms with E-state index in [1.807, 2.05) is 13.8 Å². The molecule has 1 N–H and O–H groups in total. The molecule has 1 heterocycles. The molecule has 0 saturated heterocycles. The minimum Gasteiger partial charge on any atom is -0.255 e. The van der Waals surface area contributed by atoms with Crippen LogP contribution in [0.4, 0.5) is 0 Å². The van der Waals surface area contributed by atoms with E-state index >= 15 is 0 Å². The molecule has 0 amide bonds. The van der Waals surface area contributed by atoms with Crippen molar-refractivity contribution in [2.24, 2.45) is 7.05 Å². The number of nitrogens with zero attached hydrogens (tertiary/aromatic N) is 2. The van der Waals surface area contributed by atoms with E-state index in [0.717, 1.165) is 5.33 Å². The van der Waals surface area contributed by atoms with Gasteiger partial charge >= 0.3 is 0 Å². The third kappa shape index (κ3) is 3.46. The molecule has 0 spiro atoms. The first-order valence-electron chi connectivity index (χ1n) is 5.53. The van der Waals surface area contributed by atoms with Crippen molar-refractivity contribution >= 4 is 37.6 Å². The van der Waals surface area contributed by atoms with Crippen LogP contribution in [-0.2, 0) is 17.1 Å². The Morgan fingerprint density at radius 2 is 2.22 bits per heavy atom. The Balaban J connectivity index is 3.09. The number of hydrogen-bond donors (Lipinski definition) is 1. The molecule has 8 heteroatoms. The molecule has 5 nitrogen and oxygen atoms in total. The fourth-order valence-electron chi connectivity index (χ4n) is 1.58. The first-order chi connectivity index (χ1) is 8.25. The summed E-state index contributed by atoms with van der Waals surface area (Å²) in [5, 5.41) is 4.69. The number of aryl methyl sites for hydroxylation is 1. The highest BCUT2D eigenvalue weighted by molar-refractivity contribution is 9.09. The van der Waals surface area contributed by atoms with Crippen LogP contribution in [0.5, 0.6) is 0 Å². The van der Waals surface area contributed by atoms with Crippen molar-refractivity contribution in [3.63, 3.8) is 0 Å². The van der Waals surface area contributed by atoms with Crippen LogP contribution >= 0.6 is 27.5 Å². The van der Waals surface area contributed by atoms with Gasteiger partial charge in [-0.15, -0.1) is 0 Å². The average molecular weight is 359 g/mol. The van der Waals surface area contributed by atoms with Crippen LogP contribution in [0.25, 0.3) is 0 Å². The molecular formula is C10H17BrClN3O2S. The zero-order chi connectivity index (χ0) is 14.0. The second-order valence-electron chi connectivity index (χ2n) is 4.38. The summed E-state index contributed by atoms with van der Waals surface area (Å²) in [4.78, 5) is 0. The van der Waals surface area contributed by atoms with E-state index in [1.165, 1.54) is 10.9 Å². The van der Waals surface area contributed by atoms with E-state index in [9.17, 15) is 8.42 Å². The highest BCUT2D eigenvalue weighted by atomic mass is 79.9. The highest BCUT2D eigenvalue weighted by Gasteiger charge is 2.31. The van der Waals surface area contributed by atoms with E-state index in [1.54, 1.807) is 7.05 Å². The first kappa shape index (κ1) is 15.9. The van der Waals surface area contributed by atoms with Crippen LogP contribution in [0.3, 0.4) is 0 Å². The predicted molar refractivity (Wildman–Crippen MR) is 75.6 cm³/mol. The second-order valence-corrected chi connectivity index (χ2v) is 7.18. The molecule has 18 heavy (non-hydrogen) atoms. The molecule has 0 bridgehead atoms. The molecule has 104 valence electrons. The largest absolute Gasteiger partial charge is 0.259 e. The predicted octanol–water partition coefficient (Wildman–Crippen LogP) is 2.31. The van der Waals surface area contributed by atoms with Crippen molar-refractivity contribution in [3.8, 4) is 0 Å². The fraction of sp³-hybridized carbons (Fsp3) is 0.700. The van der Waals surface area contributed by atoms with Gasteiger partial charge in [0.05, 0.1) is 11.2 Å². The van der Waals surface area contributed by atoms with Gasteiger partial charge in [0.2, 0.25) is 0 Å².